The van der Waals surface area contributed by atoms with Crippen LogP contribution < -0.4 is 14.2 Å². The van der Waals surface area contributed by atoms with E-state index in [9.17, 15) is 14.7 Å². The van der Waals surface area contributed by atoms with Crippen molar-refractivity contribution in [3.8, 4) is 17.2 Å². The SMILES string of the molecule is COc1cc(C2/C(=C(\O)c3ccc(OCC(C)C)c(C)c3)C(=O)C(=O)N2CCN(C)C)ccc1OCc1ccccc1. The summed E-state index contributed by atoms with van der Waals surface area (Å²) in [5, 5.41) is 11.5. The Balaban J connectivity index is 1.74. The molecule has 1 atom stereocenters. The summed E-state index contributed by atoms with van der Waals surface area (Å²) in [5.74, 6) is 0.458. The number of ether oxygens (including phenoxy) is 3. The van der Waals surface area contributed by atoms with Gasteiger partial charge in [0.2, 0.25) is 0 Å². The van der Waals surface area contributed by atoms with Crippen molar-refractivity contribution in [2.24, 2.45) is 5.92 Å². The van der Waals surface area contributed by atoms with E-state index in [1.807, 2.05) is 62.3 Å². The number of aliphatic hydroxyl groups excluding tert-OH is 1. The van der Waals surface area contributed by atoms with Crippen LogP contribution in [0.15, 0.2) is 72.3 Å². The summed E-state index contributed by atoms with van der Waals surface area (Å²) in [7, 11) is 5.35. The summed E-state index contributed by atoms with van der Waals surface area (Å²) < 4.78 is 17.6. The molecule has 1 fully saturated rings. The fourth-order valence-corrected chi connectivity index (χ4v) is 4.84. The van der Waals surface area contributed by atoms with Crippen LogP contribution in [0.4, 0.5) is 0 Å². The molecule has 8 nitrogen and oxygen atoms in total. The van der Waals surface area contributed by atoms with Crippen molar-refractivity contribution in [1.29, 1.82) is 0 Å². The lowest BCUT2D eigenvalue weighted by Gasteiger charge is -2.27. The molecule has 1 heterocycles. The van der Waals surface area contributed by atoms with Crippen molar-refractivity contribution in [2.45, 2.75) is 33.4 Å². The van der Waals surface area contributed by atoms with Gasteiger partial charge in [0.05, 0.1) is 25.3 Å². The van der Waals surface area contributed by atoms with Crippen LogP contribution in [0, 0.1) is 12.8 Å². The zero-order valence-electron chi connectivity index (χ0n) is 25.2. The predicted molar refractivity (Wildman–Crippen MR) is 163 cm³/mol. The third-order valence-electron chi connectivity index (χ3n) is 7.09. The molecule has 1 saturated heterocycles. The molecule has 0 aliphatic carbocycles. The average Bonchev–Trinajstić information content (AvgIpc) is 3.23. The van der Waals surface area contributed by atoms with E-state index in [4.69, 9.17) is 14.2 Å². The Bertz CT molecular complexity index is 1450. The molecule has 222 valence electrons. The highest BCUT2D eigenvalue weighted by Gasteiger charge is 2.46. The van der Waals surface area contributed by atoms with Gasteiger partial charge in [0, 0.05) is 18.7 Å². The number of ketones is 1. The quantitative estimate of drug-likeness (QED) is 0.172. The Morgan fingerprint density at radius 3 is 2.31 bits per heavy atom. The third kappa shape index (κ3) is 6.94. The zero-order chi connectivity index (χ0) is 30.4. The number of carbonyl (C=O) groups is 2. The average molecular weight is 573 g/mol. The number of nitrogens with zero attached hydrogens (tertiary/aromatic N) is 2. The molecule has 1 aliphatic heterocycles. The largest absolute Gasteiger partial charge is 0.507 e. The molecule has 1 unspecified atom stereocenters. The Morgan fingerprint density at radius 2 is 1.67 bits per heavy atom. The van der Waals surface area contributed by atoms with Crippen molar-refractivity contribution in [3.05, 3.63) is 94.6 Å². The van der Waals surface area contributed by atoms with Gasteiger partial charge in [-0.1, -0.05) is 50.2 Å². The van der Waals surface area contributed by atoms with Crippen LogP contribution in [-0.2, 0) is 16.2 Å². The number of rotatable bonds is 12. The van der Waals surface area contributed by atoms with Gasteiger partial charge in [-0.15, -0.1) is 0 Å². The normalized spacial score (nSPS) is 16.4. The lowest BCUT2D eigenvalue weighted by molar-refractivity contribution is -0.140. The Morgan fingerprint density at radius 1 is 0.952 bits per heavy atom. The van der Waals surface area contributed by atoms with E-state index in [2.05, 4.69) is 13.8 Å². The third-order valence-corrected chi connectivity index (χ3v) is 7.09. The number of hydrogen-bond donors (Lipinski definition) is 1. The molecular formula is C34H40N2O6. The van der Waals surface area contributed by atoms with Gasteiger partial charge in [-0.2, -0.15) is 0 Å². The van der Waals surface area contributed by atoms with Crippen molar-refractivity contribution < 1.29 is 28.9 Å². The number of likely N-dealkylation sites (tertiary alicyclic amines) is 1. The van der Waals surface area contributed by atoms with E-state index < -0.39 is 17.7 Å². The van der Waals surface area contributed by atoms with E-state index in [0.717, 1.165) is 11.1 Å². The standard InChI is InChI=1S/C34H40N2O6/c1-22(2)20-41-27-14-13-26(18-23(27)3)32(37)30-31(36(17-16-35(4)5)34(39)33(30)38)25-12-15-28(29(19-25)40-6)42-21-24-10-8-7-9-11-24/h7-15,18-19,22,31,37H,16-17,20-21H2,1-6H3/b32-30+. The minimum Gasteiger partial charge on any atom is -0.507 e. The molecule has 3 aromatic carbocycles. The number of carbonyl (C=O) groups excluding carboxylic acids is 2. The van der Waals surface area contributed by atoms with Crippen molar-refractivity contribution >= 4 is 17.4 Å². The molecule has 0 saturated carbocycles. The van der Waals surface area contributed by atoms with Gasteiger partial charge in [-0.3, -0.25) is 9.59 Å². The van der Waals surface area contributed by atoms with Gasteiger partial charge in [-0.25, -0.2) is 0 Å². The van der Waals surface area contributed by atoms with Crippen molar-refractivity contribution in [2.75, 3.05) is 40.9 Å². The number of hydrogen-bond acceptors (Lipinski definition) is 7. The summed E-state index contributed by atoms with van der Waals surface area (Å²) in [4.78, 5) is 30.3. The Kier molecular flexibility index (Phi) is 9.91. The first-order valence-corrected chi connectivity index (χ1v) is 14.1. The fraction of sp³-hybridized carbons (Fsp3) is 0.353. The van der Waals surface area contributed by atoms with Crippen LogP contribution in [0.5, 0.6) is 17.2 Å². The molecule has 42 heavy (non-hydrogen) atoms. The summed E-state index contributed by atoms with van der Waals surface area (Å²) in [6.07, 6.45) is 0. The van der Waals surface area contributed by atoms with Crippen LogP contribution in [0.25, 0.3) is 5.76 Å². The molecule has 0 bridgehead atoms. The second-order valence-electron chi connectivity index (χ2n) is 11.2. The molecule has 1 amide bonds. The number of likely N-dealkylation sites (N-methyl/N-ethyl adjacent to an activating group) is 1. The molecular weight excluding hydrogens is 532 g/mol. The van der Waals surface area contributed by atoms with Gasteiger partial charge in [0.25, 0.3) is 11.7 Å². The van der Waals surface area contributed by atoms with E-state index in [-0.39, 0.29) is 11.3 Å². The lowest BCUT2D eigenvalue weighted by Crippen LogP contribution is -2.35. The highest BCUT2D eigenvalue weighted by atomic mass is 16.5. The van der Waals surface area contributed by atoms with Gasteiger partial charge >= 0.3 is 0 Å². The predicted octanol–water partition coefficient (Wildman–Crippen LogP) is 5.60. The van der Waals surface area contributed by atoms with E-state index in [1.165, 1.54) is 4.90 Å². The van der Waals surface area contributed by atoms with Gasteiger partial charge < -0.3 is 29.1 Å². The number of amides is 1. The number of aliphatic hydroxyl groups is 1. The lowest BCUT2D eigenvalue weighted by atomic mass is 9.94. The Hall–Kier alpha value is -4.30. The highest BCUT2D eigenvalue weighted by Crippen LogP contribution is 2.42. The summed E-state index contributed by atoms with van der Waals surface area (Å²) in [6.45, 7) is 7.79. The first-order valence-electron chi connectivity index (χ1n) is 14.1. The van der Waals surface area contributed by atoms with Gasteiger partial charge in [0.15, 0.2) is 11.5 Å². The van der Waals surface area contributed by atoms with E-state index in [0.29, 0.717) is 60.6 Å². The van der Waals surface area contributed by atoms with E-state index in [1.54, 1.807) is 37.4 Å². The topological polar surface area (TPSA) is 88.5 Å². The van der Waals surface area contributed by atoms with Crippen LogP contribution in [-0.4, -0.2) is 67.5 Å². The minimum atomic E-state index is -0.806. The smallest absolute Gasteiger partial charge is 0.295 e. The fourth-order valence-electron chi connectivity index (χ4n) is 4.84. The second-order valence-corrected chi connectivity index (χ2v) is 11.2. The molecule has 0 aromatic heterocycles. The van der Waals surface area contributed by atoms with Crippen molar-refractivity contribution in [1.82, 2.24) is 9.80 Å². The highest BCUT2D eigenvalue weighted by molar-refractivity contribution is 6.46. The van der Waals surface area contributed by atoms with Crippen molar-refractivity contribution in [3.63, 3.8) is 0 Å². The molecule has 3 aromatic rings. The van der Waals surface area contributed by atoms with Crippen LogP contribution in [0.2, 0.25) is 0 Å². The maximum absolute atomic E-state index is 13.5. The minimum absolute atomic E-state index is 0.0361. The number of methoxy groups -OCH3 is 1. The molecule has 0 spiro atoms. The molecule has 1 N–H and O–H groups in total. The summed E-state index contributed by atoms with van der Waals surface area (Å²) >= 11 is 0. The number of benzene rings is 3. The Labute approximate surface area is 248 Å². The molecule has 4 rings (SSSR count). The second kappa shape index (κ2) is 13.6. The number of Topliss-reactive ketones (excluding diaryl/α,β-unsaturated/α-hetero) is 1. The molecule has 1 aliphatic rings. The first kappa shape index (κ1) is 30.7. The van der Waals surface area contributed by atoms with Gasteiger partial charge in [-0.05, 0) is 74.0 Å². The van der Waals surface area contributed by atoms with Crippen LogP contribution in [0.3, 0.4) is 0 Å². The maximum Gasteiger partial charge on any atom is 0.295 e. The monoisotopic (exact) mass is 572 g/mol. The zero-order valence-corrected chi connectivity index (χ0v) is 25.2. The van der Waals surface area contributed by atoms with E-state index >= 15 is 0 Å². The summed E-state index contributed by atoms with van der Waals surface area (Å²) in [5.41, 5.74) is 2.94. The van der Waals surface area contributed by atoms with Crippen LogP contribution >= 0.6 is 0 Å². The number of aryl methyl sites for hydroxylation is 1. The van der Waals surface area contributed by atoms with Gasteiger partial charge in [0.1, 0.15) is 18.1 Å². The maximum atomic E-state index is 13.5. The first-order chi connectivity index (χ1) is 20.1. The molecule has 8 heteroatoms. The molecule has 0 radical (unpaired) electrons. The van der Waals surface area contributed by atoms with Crippen LogP contribution in [0.1, 0.15) is 42.1 Å². The summed E-state index contributed by atoms with van der Waals surface area (Å²) in [6, 6.07) is 19.6.